The van der Waals surface area contributed by atoms with Crippen molar-refractivity contribution in [2.75, 3.05) is 5.75 Å². The van der Waals surface area contributed by atoms with E-state index in [1.165, 1.54) is 34.9 Å². The normalized spacial score (nSPS) is 21.6. The molecule has 0 radical (unpaired) electrons. The minimum atomic E-state index is -1.18. The Morgan fingerprint density at radius 3 is 2.90 bits per heavy atom. The van der Waals surface area contributed by atoms with Crippen molar-refractivity contribution in [1.82, 2.24) is 10.2 Å². The van der Waals surface area contributed by atoms with Crippen LogP contribution in [0.15, 0.2) is 34.6 Å². The lowest BCUT2D eigenvalue weighted by Gasteiger charge is -2.49. The van der Waals surface area contributed by atoms with E-state index >= 15 is 0 Å². The summed E-state index contributed by atoms with van der Waals surface area (Å²) in [7, 11) is 0. The molecule has 0 aromatic heterocycles. The molecule has 1 fully saturated rings. The Morgan fingerprint density at radius 2 is 2.24 bits per heavy atom. The number of amides is 2. The average molecular weight is 418 g/mol. The van der Waals surface area contributed by atoms with Crippen molar-refractivity contribution in [1.29, 1.82) is 0 Å². The monoisotopic (exact) mass is 418 g/mol. The van der Waals surface area contributed by atoms with E-state index in [1.807, 2.05) is 0 Å². The molecule has 152 valence electrons. The maximum Gasteiger partial charge on any atom is 0.352 e. The van der Waals surface area contributed by atoms with Crippen LogP contribution >= 0.6 is 11.8 Å². The number of carbonyl (C=O) groups is 3. The summed E-state index contributed by atoms with van der Waals surface area (Å²) in [6, 6.07) is 2.24. The van der Waals surface area contributed by atoms with Gasteiger partial charge < -0.3 is 21.3 Å². The van der Waals surface area contributed by atoms with Crippen LogP contribution in [0.4, 0.5) is 0 Å². The molecular weight excluding hydrogens is 400 g/mol. The Bertz CT molecular complexity index is 973. The summed E-state index contributed by atoms with van der Waals surface area (Å²) in [4.78, 5) is 40.3. The predicted molar refractivity (Wildman–Crippen MR) is 103 cm³/mol. The molecule has 3 unspecified atom stereocenters. The molecule has 1 aromatic rings. The standard InChI is InChI=1S/C17H18N6O5S/c1-7-6-29-16-12(15(26)23(16)13(7)17(27)28)21-14(25)11(18)8-2-3-10(24)9(4-8)5-20-22-19/h2-4,11-12,16,24H,5-6,18H2,1H3,(H,21,25)(H,27,28). The summed E-state index contributed by atoms with van der Waals surface area (Å²) in [6.07, 6.45) is 0. The van der Waals surface area contributed by atoms with Gasteiger partial charge in [0.05, 0.1) is 6.54 Å². The van der Waals surface area contributed by atoms with E-state index < -0.39 is 35.2 Å². The fraction of sp³-hybridized carbons (Fsp3) is 0.353. The molecule has 3 rings (SSSR count). The van der Waals surface area contributed by atoms with Crippen LogP contribution in [0.1, 0.15) is 24.1 Å². The Labute approximate surface area is 169 Å². The van der Waals surface area contributed by atoms with Gasteiger partial charge in [-0.15, -0.1) is 11.8 Å². The fourth-order valence-electron chi connectivity index (χ4n) is 3.20. The molecule has 3 atom stereocenters. The van der Waals surface area contributed by atoms with Gasteiger partial charge in [-0.05, 0) is 41.3 Å². The topological polar surface area (TPSA) is 182 Å². The smallest absolute Gasteiger partial charge is 0.352 e. The first-order valence-corrected chi connectivity index (χ1v) is 9.57. The average Bonchev–Trinajstić information content (AvgIpc) is 2.70. The number of phenolic OH excluding ortho intramolecular Hbond substituents is 1. The Kier molecular flexibility index (Phi) is 5.69. The molecule has 2 heterocycles. The van der Waals surface area contributed by atoms with Gasteiger partial charge in [0.1, 0.15) is 28.9 Å². The zero-order valence-corrected chi connectivity index (χ0v) is 16.1. The van der Waals surface area contributed by atoms with E-state index in [9.17, 15) is 24.6 Å². The second kappa shape index (κ2) is 8.03. The number of nitrogens with one attached hydrogen (secondary N) is 1. The highest BCUT2D eigenvalue weighted by Crippen LogP contribution is 2.40. The van der Waals surface area contributed by atoms with Gasteiger partial charge in [-0.3, -0.25) is 14.5 Å². The molecule has 0 aliphatic carbocycles. The van der Waals surface area contributed by atoms with Crippen LogP contribution in [0.2, 0.25) is 0 Å². The van der Waals surface area contributed by atoms with E-state index in [-0.39, 0.29) is 18.0 Å². The Balaban J connectivity index is 1.72. The van der Waals surface area contributed by atoms with Crippen molar-refractivity contribution in [3.05, 3.63) is 51.0 Å². The number of β-lactam (4-membered cyclic amide) rings is 1. The number of carboxylic acid groups (broad SMARTS) is 1. The number of hydrogen-bond donors (Lipinski definition) is 4. The molecule has 1 aromatic carbocycles. The highest BCUT2D eigenvalue weighted by Gasteiger charge is 2.53. The number of carboxylic acids is 1. The quantitative estimate of drug-likeness (QED) is 0.229. The van der Waals surface area contributed by atoms with E-state index in [1.54, 1.807) is 6.92 Å². The first-order valence-electron chi connectivity index (χ1n) is 8.52. The molecule has 11 nitrogen and oxygen atoms in total. The minimum Gasteiger partial charge on any atom is -0.508 e. The van der Waals surface area contributed by atoms with Gasteiger partial charge in [-0.1, -0.05) is 11.2 Å². The van der Waals surface area contributed by atoms with Gasteiger partial charge in [-0.25, -0.2) is 4.79 Å². The van der Waals surface area contributed by atoms with Crippen molar-refractivity contribution in [3.63, 3.8) is 0 Å². The molecule has 2 aliphatic heterocycles. The molecule has 1 saturated heterocycles. The largest absolute Gasteiger partial charge is 0.508 e. The number of hydrogen-bond acceptors (Lipinski definition) is 7. The molecule has 5 N–H and O–H groups in total. The fourth-order valence-corrected chi connectivity index (χ4v) is 4.50. The third kappa shape index (κ3) is 3.73. The number of carbonyl (C=O) groups excluding carboxylic acids is 2. The van der Waals surface area contributed by atoms with Crippen LogP contribution in [0.3, 0.4) is 0 Å². The minimum absolute atomic E-state index is 0.0465. The summed E-state index contributed by atoms with van der Waals surface area (Å²) in [6.45, 7) is 1.55. The lowest BCUT2D eigenvalue weighted by Crippen LogP contribution is -2.71. The van der Waals surface area contributed by atoms with Gasteiger partial charge in [-0.2, -0.15) is 0 Å². The van der Waals surface area contributed by atoms with Gasteiger partial charge in [0, 0.05) is 10.7 Å². The number of thioether (sulfide) groups is 1. The van der Waals surface area contributed by atoms with Crippen molar-refractivity contribution in [2.24, 2.45) is 10.8 Å². The number of azide groups is 1. The number of phenols is 1. The second-order valence-electron chi connectivity index (χ2n) is 6.58. The number of nitrogens with zero attached hydrogens (tertiary/aromatic N) is 4. The molecule has 0 spiro atoms. The lowest BCUT2D eigenvalue weighted by molar-refractivity contribution is -0.150. The summed E-state index contributed by atoms with van der Waals surface area (Å²) >= 11 is 1.37. The lowest BCUT2D eigenvalue weighted by atomic mass is 10.00. The van der Waals surface area contributed by atoms with Crippen LogP contribution in [0, 0.1) is 0 Å². The molecule has 0 bridgehead atoms. The summed E-state index contributed by atoms with van der Waals surface area (Å²) in [5, 5.41) is 24.6. The van der Waals surface area contributed by atoms with Crippen molar-refractivity contribution in [2.45, 2.75) is 30.9 Å². The first-order chi connectivity index (χ1) is 13.8. The van der Waals surface area contributed by atoms with E-state index in [2.05, 4.69) is 15.3 Å². The van der Waals surface area contributed by atoms with E-state index in [0.29, 0.717) is 22.5 Å². The SMILES string of the molecule is CC1=C(C(=O)O)N2C(=O)C(NC(=O)C(N)c3ccc(O)c(CN=[N+]=[N-])c3)C2SC1. The van der Waals surface area contributed by atoms with Gasteiger partial charge in [0.25, 0.3) is 5.91 Å². The zero-order valence-electron chi connectivity index (χ0n) is 15.3. The highest BCUT2D eigenvalue weighted by molar-refractivity contribution is 8.00. The molecule has 0 saturated carbocycles. The summed E-state index contributed by atoms with van der Waals surface area (Å²) in [5.74, 6) is -1.96. The number of aromatic hydroxyl groups is 1. The van der Waals surface area contributed by atoms with Crippen LogP contribution in [-0.4, -0.2) is 50.1 Å². The van der Waals surface area contributed by atoms with Crippen molar-refractivity contribution < 1.29 is 24.6 Å². The molecule has 29 heavy (non-hydrogen) atoms. The molecule has 12 heteroatoms. The highest BCUT2D eigenvalue weighted by atomic mass is 32.2. The maximum absolute atomic E-state index is 12.6. The van der Waals surface area contributed by atoms with Gasteiger partial charge in [0.15, 0.2) is 0 Å². The number of rotatable bonds is 6. The first kappa shape index (κ1) is 20.5. The van der Waals surface area contributed by atoms with Gasteiger partial charge in [0.2, 0.25) is 5.91 Å². The number of aliphatic carboxylic acids is 1. The summed E-state index contributed by atoms with van der Waals surface area (Å²) < 4.78 is 0. The predicted octanol–water partition coefficient (Wildman–Crippen LogP) is 0.961. The van der Waals surface area contributed by atoms with Crippen molar-refractivity contribution >= 4 is 29.5 Å². The van der Waals surface area contributed by atoms with Crippen LogP contribution in [-0.2, 0) is 20.9 Å². The number of benzene rings is 1. The van der Waals surface area contributed by atoms with Crippen molar-refractivity contribution in [3.8, 4) is 5.75 Å². The van der Waals surface area contributed by atoms with Gasteiger partial charge >= 0.3 is 5.97 Å². The third-order valence-corrected chi connectivity index (χ3v) is 6.13. The molecule has 2 amide bonds. The Morgan fingerprint density at radius 1 is 1.52 bits per heavy atom. The van der Waals surface area contributed by atoms with E-state index in [0.717, 1.165) is 0 Å². The molecule has 2 aliphatic rings. The zero-order chi connectivity index (χ0) is 21.3. The number of nitrogens with two attached hydrogens (primary N) is 1. The second-order valence-corrected chi connectivity index (χ2v) is 7.69. The third-order valence-electron chi connectivity index (χ3n) is 4.71. The van der Waals surface area contributed by atoms with Crippen LogP contribution in [0.5, 0.6) is 5.75 Å². The Hall–Kier alpha value is -3.21. The van der Waals surface area contributed by atoms with E-state index in [4.69, 9.17) is 11.3 Å². The van der Waals surface area contributed by atoms with Crippen LogP contribution in [0.25, 0.3) is 10.4 Å². The molecular formula is C17H18N6O5S. The maximum atomic E-state index is 12.6. The number of fused-ring (bicyclic) bond motifs is 1. The summed E-state index contributed by atoms with van der Waals surface area (Å²) in [5.41, 5.74) is 15.6. The van der Waals surface area contributed by atoms with Crippen LogP contribution < -0.4 is 11.1 Å².